The van der Waals surface area contributed by atoms with E-state index in [1.54, 1.807) is 24.3 Å². The summed E-state index contributed by atoms with van der Waals surface area (Å²) in [5.41, 5.74) is 1.39. The van der Waals surface area contributed by atoms with E-state index in [-0.39, 0.29) is 21.4 Å². The fourth-order valence-corrected chi connectivity index (χ4v) is 5.23. The quantitative estimate of drug-likeness (QED) is 0.729. The van der Waals surface area contributed by atoms with Crippen molar-refractivity contribution < 1.29 is 18.0 Å². The number of halogens is 1. The number of carbonyl (C=O) groups excluding carboxylic acids is 2. The number of sulfonamides is 1. The highest BCUT2D eigenvalue weighted by Gasteiger charge is 2.33. The van der Waals surface area contributed by atoms with E-state index in [4.69, 9.17) is 11.6 Å². The number of hydrogen-bond acceptors (Lipinski definition) is 5. The molecule has 2 aromatic carbocycles. The van der Waals surface area contributed by atoms with Crippen LogP contribution in [0.5, 0.6) is 0 Å². The number of amidine groups is 1. The SMILES string of the molecule is CNC(=O)c1ccc(NC(=O)c2cc3c(cc2Cl)N2CCCCCC2=NS3(=O)=O)cc1. The van der Waals surface area contributed by atoms with Gasteiger partial charge in [-0.15, -0.1) is 4.40 Å². The second-order valence-electron chi connectivity index (χ2n) is 7.36. The van der Waals surface area contributed by atoms with Gasteiger partial charge in [0.1, 0.15) is 10.7 Å². The van der Waals surface area contributed by atoms with Crippen LogP contribution in [0.15, 0.2) is 45.7 Å². The molecule has 0 aliphatic carbocycles. The second kappa shape index (κ2) is 8.32. The molecule has 0 bridgehead atoms. The number of nitrogens with one attached hydrogen (secondary N) is 2. The summed E-state index contributed by atoms with van der Waals surface area (Å²) < 4.78 is 29.6. The zero-order chi connectivity index (χ0) is 22.2. The molecule has 2 amide bonds. The third kappa shape index (κ3) is 4.15. The lowest BCUT2D eigenvalue weighted by Crippen LogP contribution is -2.35. The number of hydrogen-bond donors (Lipinski definition) is 2. The van der Waals surface area contributed by atoms with Gasteiger partial charge >= 0.3 is 0 Å². The molecular weight excluding hydrogens is 440 g/mol. The molecule has 31 heavy (non-hydrogen) atoms. The number of carbonyl (C=O) groups is 2. The molecule has 0 atom stereocenters. The van der Waals surface area contributed by atoms with Crippen molar-refractivity contribution in [1.29, 1.82) is 0 Å². The highest BCUT2D eigenvalue weighted by Crippen LogP contribution is 2.38. The molecular formula is C21H21ClN4O4S. The molecule has 1 fully saturated rings. The van der Waals surface area contributed by atoms with E-state index >= 15 is 0 Å². The molecule has 2 aliphatic heterocycles. The monoisotopic (exact) mass is 460 g/mol. The van der Waals surface area contributed by atoms with Crippen LogP contribution in [0.3, 0.4) is 0 Å². The van der Waals surface area contributed by atoms with Crippen molar-refractivity contribution in [3.05, 3.63) is 52.5 Å². The van der Waals surface area contributed by atoms with Gasteiger partial charge < -0.3 is 15.5 Å². The molecule has 0 spiro atoms. The zero-order valence-corrected chi connectivity index (χ0v) is 18.4. The first-order chi connectivity index (χ1) is 14.8. The number of nitrogens with zero attached hydrogens (tertiary/aromatic N) is 2. The predicted molar refractivity (Wildman–Crippen MR) is 120 cm³/mol. The minimum Gasteiger partial charge on any atom is -0.355 e. The van der Waals surface area contributed by atoms with Gasteiger partial charge in [-0.25, -0.2) is 0 Å². The van der Waals surface area contributed by atoms with Gasteiger partial charge in [0.05, 0.1) is 16.3 Å². The molecule has 10 heteroatoms. The third-order valence-electron chi connectivity index (χ3n) is 5.31. The van der Waals surface area contributed by atoms with Gasteiger partial charge in [0.15, 0.2) is 0 Å². The van der Waals surface area contributed by atoms with Crippen molar-refractivity contribution in [3.63, 3.8) is 0 Å². The van der Waals surface area contributed by atoms with Crippen LogP contribution in [0.4, 0.5) is 11.4 Å². The van der Waals surface area contributed by atoms with Gasteiger partial charge in [0, 0.05) is 31.3 Å². The van der Waals surface area contributed by atoms with Gasteiger partial charge in [-0.1, -0.05) is 18.0 Å². The lowest BCUT2D eigenvalue weighted by molar-refractivity contribution is 0.0962. The molecule has 1 saturated heterocycles. The van der Waals surface area contributed by atoms with Gasteiger partial charge in [-0.2, -0.15) is 8.42 Å². The standard InChI is InChI=1S/C21H21ClN4O4S/c1-23-20(27)13-6-8-14(9-7-13)24-21(28)15-11-18-17(12-16(15)22)26-10-4-2-3-5-19(26)25-31(18,29)30/h6-9,11-12H,2-5,10H2,1H3,(H,23,27)(H,24,28). The van der Waals surface area contributed by atoms with E-state index in [9.17, 15) is 18.0 Å². The Morgan fingerprint density at radius 3 is 2.52 bits per heavy atom. The number of rotatable bonds is 3. The summed E-state index contributed by atoms with van der Waals surface area (Å²) >= 11 is 6.40. The van der Waals surface area contributed by atoms with Crippen molar-refractivity contribution in [2.24, 2.45) is 4.40 Å². The fraction of sp³-hybridized carbons (Fsp3) is 0.286. The van der Waals surface area contributed by atoms with Gasteiger partial charge in [-0.3, -0.25) is 9.59 Å². The molecule has 4 rings (SSSR count). The summed E-state index contributed by atoms with van der Waals surface area (Å²) in [6.07, 6.45) is 3.39. The zero-order valence-electron chi connectivity index (χ0n) is 16.8. The topological polar surface area (TPSA) is 108 Å². The first-order valence-electron chi connectivity index (χ1n) is 9.88. The summed E-state index contributed by atoms with van der Waals surface area (Å²) in [7, 11) is -2.40. The first kappa shape index (κ1) is 21.3. The summed E-state index contributed by atoms with van der Waals surface area (Å²) in [6.45, 7) is 0.654. The van der Waals surface area contributed by atoms with Crippen molar-refractivity contribution in [2.45, 2.75) is 30.6 Å². The minimum absolute atomic E-state index is 0.0253. The van der Waals surface area contributed by atoms with E-state index < -0.39 is 15.9 Å². The van der Waals surface area contributed by atoms with E-state index in [1.807, 2.05) is 4.90 Å². The molecule has 0 unspecified atom stereocenters. The lowest BCUT2D eigenvalue weighted by atomic mass is 10.1. The van der Waals surface area contributed by atoms with Crippen LogP contribution in [-0.4, -0.2) is 39.7 Å². The molecule has 0 aromatic heterocycles. The summed E-state index contributed by atoms with van der Waals surface area (Å²) in [6, 6.07) is 9.12. The molecule has 2 N–H and O–H groups in total. The fourth-order valence-electron chi connectivity index (χ4n) is 3.72. The van der Waals surface area contributed by atoms with Crippen molar-refractivity contribution in [1.82, 2.24) is 5.32 Å². The van der Waals surface area contributed by atoms with Crippen LogP contribution in [0.25, 0.3) is 0 Å². The van der Waals surface area contributed by atoms with E-state index in [1.165, 1.54) is 19.2 Å². The summed E-state index contributed by atoms with van der Waals surface area (Å²) in [5, 5.41) is 5.36. The maximum atomic E-state index is 12.8. The van der Waals surface area contributed by atoms with Crippen LogP contribution in [0, 0.1) is 0 Å². The predicted octanol–water partition coefficient (Wildman–Crippen LogP) is 3.43. The highest BCUT2D eigenvalue weighted by molar-refractivity contribution is 7.90. The minimum atomic E-state index is -3.93. The Morgan fingerprint density at radius 2 is 1.81 bits per heavy atom. The van der Waals surface area contributed by atoms with Crippen molar-refractivity contribution >= 4 is 50.6 Å². The molecule has 162 valence electrons. The maximum Gasteiger partial charge on any atom is 0.286 e. The van der Waals surface area contributed by atoms with Crippen molar-refractivity contribution in [3.8, 4) is 0 Å². The maximum absolute atomic E-state index is 12.8. The first-order valence-corrected chi connectivity index (χ1v) is 11.7. The Hall–Kier alpha value is -2.91. The number of anilines is 2. The molecule has 2 heterocycles. The van der Waals surface area contributed by atoms with Gasteiger partial charge in [0.25, 0.3) is 21.8 Å². The average molecular weight is 461 g/mol. The smallest absolute Gasteiger partial charge is 0.286 e. The lowest BCUT2D eigenvalue weighted by Gasteiger charge is -2.30. The molecule has 2 aromatic rings. The average Bonchev–Trinajstić information content (AvgIpc) is 2.98. The van der Waals surface area contributed by atoms with E-state index in [0.29, 0.717) is 35.7 Å². The highest BCUT2D eigenvalue weighted by atomic mass is 35.5. The van der Waals surface area contributed by atoms with Crippen LogP contribution < -0.4 is 15.5 Å². The molecule has 2 aliphatic rings. The Bertz CT molecular complexity index is 1190. The molecule has 0 saturated carbocycles. The van der Waals surface area contributed by atoms with Gasteiger partial charge in [0.2, 0.25) is 0 Å². The number of amides is 2. The van der Waals surface area contributed by atoms with Crippen LogP contribution in [-0.2, 0) is 10.0 Å². The van der Waals surface area contributed by atoms with E-state index in [2.05, 4.69) is 15.0 Å². The third-order valence-corrected chi connectivity index (χ3v) is 6.96. The second-order valence-corrected chi connectivity index (χ2v) is 9.33. The Balaban J connectivity index is 1.66. The van der Waals surface area contributed by atoms with Crippen molar-refractivity contribution in [2.75, 3.05) is 23.8 Å². The molecule has 8 nitrogen and oxygen atoms in total. The number of fused-ring (bicyclic) bond motifs is 3. The largest absolute Gasteiger partial charge is 0.355 e. The van der Waals surface area contributed by atoms with Crippen LogP contribution >= 0.6 is 11.6 Å². The van der Waals surface area contributed by atoms with Gasteiger partial charge in [-0.05, 0) is 49.2 Å². The Labute approximate surface area is 185 Å². The van der Waals surface area contributed by atoms with E-state index in [0.717, 1.165) is 19.3 Å². The van der Waals surface area contributed by atoms with Crippen LogP contribution in [0.1, 0.15) is 46.4 Å². The summed E-state index contributed by atoms with van der Waals surface area (Å²) in [5.74, 6) is -0.273. The Morgan fingerprint density at radius 1 is 1.06 bits per heavy atom. The van der Waals surface area contributed by atoms with Crippen LogP contribution in [0.2, 0.25) is 5.02 Å². The summed E-state index contributed by atoms with van der Waals surface area (Å²) in [4.78, 5) is 26.3. The number of benzene rings is 2. The Kier molecular flexibility index (Phi) is 5.72. The molecule has 0 radical (unpaired) electrons. The normalized spacial score (nSPS) is 17.0.